The first-order valence-corrected chi connectivity index (χ1v) is 8.19. The minimum atomic E-state index is 0.461. The summed E-state index contributed by atoms with van der Waals surface area (Å²) in [5.41, 5.74) is 2.39. The summed E-state index contributed by atoms with van der Waals surface area (Å²) < 4.78 is 5.74. The maximum Gasteiger partial charge on any atom is 0.208 e. The van der Waals surface area contributed by atoms with Crippen LogP contribution in [-0.2, 0) is 6.54 Å². The van der Waals surface area contributed by atoms with Crippen molar-refractivity contribution < 1.29 is 4.42 Å². The molecule has 1 aromatic carbocycles. The average Bonchev–Trinajstić information content (AvgIpc) is 2.79. The third-order valence-corrected chi connectivity index (χ3v) is 4.86. The van der Waals surface area contributed by atoms with Gasteiger partial charge in [-0.05, 0) is 19.4 Å². The van der Waals surface area contributed by atoms with Crippen molar-refractivity contribution in [1.82, 2.24) is 9.88 Å². The molecule has 1 aromatic heterocycles. The van der Waals surface area contributed by atoms with Crippen LogP contribution < -0.4 is 0 Å². The first kappa shape index (κ1) is 13.7. The maximum absolute atomic E-state index is 5.74. The van der Waals surface area contributed by atoms with Crippen LogP contribution in [0.3, 0.4) is 0 Å². The molecular weight excluding hydrogens is 268 g/mol. The van der Waals surface area contributed by atoms with Crippen LogP contribution >= 0.6 is 11.8 Å². The molecule has 1 fully saturated rings. The van der Waals surface area contributed by atoms with E-state index in [1.165, 1.54) is 11.3 Å². The second-order valence-corrected chi connectivity index (χ2v) is 6.37. The summed E-state index contributed by atoms with van der Waals surface area (Å²) >= 11 is 2.03. The van der Waals surface area contributed by atoms with Crippen molar-refractivity contribution in [3.8, 4) is 0 Å². The fraction of sp³-hybridized carbons (Fsp3) is 0.438. The van der Waals surface area contributed by atoms with Crippen LogP contribution in [0.5, 0.6) is 0 Å². The van der Waals surface area contributed by atoms with Gasteiger partial charge in [0.05, 0.1) is 12.2 Å². The summed E-state index contributed by atoms with van der Waals surface area (Å²) in [6, 6.07) is 11.2. The molecule has 0 N–H and O–H groups in total. The zero-order valence-corrected chi connectivity index (χ0v) is 12.8. The van der Waals surface area contributed by atoms with Crippen molar-refractivity contribution in [3.05, 3.63) is 53.2 Å². The van der Waals surface area contributed by atoms with Gasteiger partial charge in [0.2, 0.25) is 5.89 Å². The Morgan fingerprint density at radius 2 is 2.10 bits per heavy atom. The minimum absolute atomic E-state index is 0.461. The Hall–Kier alpha value is -1.26. The van der Waals surface area contributed by atoms with Crippen molar-refractivity contribution in [3.63, 3.8) is 0 Å². The first-order chi connectivity index (χ1) is 9.74. The molecule has 3 rings (SSSR count). The van der Waals surface area contributed by atoms with E-state index in [1.54, 1.807) is 0 Å². The van der Waals surface area contributed by atoms with Crippen molar-refractivity contribution in [2.45, 2.75) is 26.4 Å². The zero-order chi connectivity index (χ0) is 13.9. The molecule has 20 heavy (non-hydrogen) atoms. The van der Waals surface area contributed by atoms with Crippen molar-refractivity contribution in [2.24, 2.45) is 0 Å². The van der Waals surface area contributed by atoms with Gasteiger partial charge in [-0.3, -0.25) is 4.90 Å². The lowest BCUT2D eigenvalue weighted by atomic mass is 10.1. The highest BCUT2D eigenvalue weighted by Crippen LogP contribution is 2.30. The van der Waals surface area contributed by atoms with Gasteiger partial charge >= 0.3 is 0 Å². The van der Waals surface area contributed by atoms with Gasteiger partial charge in [-0.25, -0.2) is 4.98 Å². The second-order valence-electron chi connectivity index (χ2n) is 5.22. The molecule has 0 spiro atoms. The molecule has 4 heteroatoms. The third kappa shape index (κ3) is 2.91. The number of benzene rings is 1. The number of oxazole rings is 1. The zero-order valence-electron chi connectivity index (χ0n) is 12.0. The molecule has 1 aliphatic rings. The average molecular weight is 288 g/mol. The molecule has 1 aliphatic heterocycles. The topological polar surface area (TPSA) is 29.3 Å². The summed E-state index contributed by atoms with van der Waals surface area (Å²) in [4.78, 5) is 7.00. The van der Waals surface area contributed by atoms with E-state index in [9.17, 15) is 0 Å². The number of nitrogens with zero attached hydrogens (tertiary/aromatic N) is 2. The smallest absolute Gasteiger partial charge is 0.208 e. The number of hydrogen-bond acceptors (Lipinski definition) is 4. The van der Waals surface area contributed by atoms with Crippen LogP contribution in [0.2, 0.25) is 0 Å². The molecule has 3 nitrogen and oxygen atoms in total. The van der Waals surface area contributed by atoms with Gasteiger partial charge in [0.15, 0.2) is 0 Å². The number of aromatic nitrogens is 1. The standard InChI is InChI=1S/C16H20N2OS/c1-12-13(2)19-16(17-12)10-18-8-9-20-11-15(18)14-6-4-3-5-7-14/h3-7,15H,8-11H2,1-2H3. The van der Waals surface area contributed by atoms with E-state index in [0.717, 1.165) is 36.2 Å². The Balaban J connectivity index is 1.79. The van der Waals surface area contributed by atoms with Crippen molar-refractivity contribution in [2.75, 3.05) is 18.1 Å². The summed E-state index contributed by atoms with van der Waals surface area (Å²) in [5, 5.41) is 0. The minimum Gasteiger partial charge on any atom is -0.444 e. The Kier molecular flexibility index (Phi) is 4.13. The number of hydrogen-bond donors (Lipinski definition) is 0. The highest BCUT2D eigenvalue weighted by atomic mass is 32.2. The Labute approximate surface area is 124 Å². The highest BCUT2D eigenvalue weighted by molar-refractivity contribution is 7.99. The quantitative estimate of drug-likeness (QED) is 0.863. The lowest BCUT2D eigenvalue weighted by Crippen LogP contribution is -2.35. The van der Waals surface area contributed by atoms with Gasteiger partial charge in [0.1, 0.15) is 5.76 Å². The van der Waals surface area contributed by atoms with E-state index < -0.39 is 0 Å². The Morgan fingerprint density at radius 3 is 2.80 bits per heavy atom. The van der Waals surface area contributed by atoms with E-state index in [1.807, 2.05) is 25.6 Å². The lowest BCUT2D eigenvalue weighted by Gasteiger charge is -2.34. The largest absolute Gasteiger partial charge is 0.444 e. The molecular formula is C16H20N2OS. The van der Waals surface area contributed by atoms with Crippen molar-refractivity contribution >= 4 is 11.8 Å². The van der Waals surface area contributed by atoms with Crippen LogP contribution in [0.25, 0.3) is 0 Å². The lowest BCUT2D eigenvalue weighted by molar-refractivity contribution is 0.191. The number of aryl methyl sites for hydroxylation is 2. The van der Waals surface area contributed by atoms with E-state index >= 15 is 0 Å². The molecule has 0 amide bonds. The molecule has 2 heterocycles. The molecule has 1 atom stereocenters. The van der Waals surface area contributed by atoms with Crippen molar-refractivity contribution in [1.29, 1.82) is 0 Å². The first-order valence-electron chi connectivity index (χ1n) is 7.03. The summed E-state index contributed by atoms with van der Waals surface area (Å²) in [5.74, 6) is 4.10. The van der Waals surface area contributed by atoms with Gasteiger partial charge in [-0.15, -0.1) is 0 Å². The molecule has 0 radical (unpaired) electrons. The molecule has 0 bridgehead atoms. The number of rotatable bonds is 3. The SMILES string of the molecule is Cc1nc(CN2CCSCC2c2ccccc2)oc1C. The summed E-state index contributed by atoms with van der Waals surface area (Å²) in [7, 11) is 0. The van der Waals surface area contributed by atoms with E-state index in [4.69, 9.17) is 4.42 Å². The Morgan fingerprint density at radius 1 is 1.30 bits per heavy atom. The normalized spacial score (nSPS) is 20.2. The van der Waals surface area contributed by atoms with Crippen LogP contribution in [-0.4, -0.2) is 27.9 Å². The summed E-state index contributed by atoms with van der Waals surface area (Å²) in [6.45, 7) is 5.87. The molecule has 0 saturated carbocycles. The molecule has 2 aromatic rings. The summed E-state index contributed by atoms with van der Waals surface area (Å²) in [6.07, 6.45) is 0. The second kappa shape index (κ2) is 6.02. The van der Waals surface area contributed by atoms with Gasteiger partial charge in [0, 0.05) is 24.1 Å². The van der Waals surface area contributed by atoms with Crippen LogP contribution in [0.1, 0.15) is 29.0 Å². The van der Waals surface area contributed by atoms with E-state index in [-0.39, 0.29) is 0 Å². The van der Waals surface area contributed by atoms with Gasteiger partial charge in [0.25, 0.3) is 0 Å². The van der Waals surface area contributed by atoms with Gasteiger partial charge in [-0.1, -0.05) is 30.3 Å². The fourth-order valence-electron chi connectivity index (χ4n) is 2.59. The predicted molar refractivity (Wildman–Crippen MR) is 82.9 cm³/mol. The van der Waals surface area contributed by atoms with Crippen LogP contribution in [0.15, 0.2) is 34.7 Å². The van der Waals surface area contributed by atoms with Gasteiger partial charge < -0.3 is 4.42 Å². The van der Waals surface area contributed by atoms with Crippen LogP contribution in [0.4, 0.5) is 0 Å². The fourth-order valence-corrected chi connectivity index (χ4v) is 3.75. The van der Waals surface area contributed by atoms with Gasteiger partial charge in [-0.2, -0.15) is 11.8 Å². The van der Waals surface area contributed by atoms with E-state index in [2.05, 4.69) is 40.2 Å². The molecule has 0 aliphatic carbocycles. The molecule has 106 valence electrons. The molecule has 1 unspecified atom stereocenters. The molecule has 1 saturated heterocycles. The predicted octanol–water partition coefficient (Wildman–Crippen LogP) is 3.58. The highest BCUT2D eigenvalue weighted by Gasteiger charge is 2.25. The monoisotopic (exact) mass is 288 g/mol. The number of thioether (sulfide) groups is 1. The third-order valence-electron chi connectivity index (χ3n) is 3.83. The van der Waals surface area contributed by atoms with Crippen LogP contribution in [0, 0.1) is 13.8 Å². The maximum atomic E-state index is 5.74. The Bertz CT molecular complexity index is 548. The van der Waals surface area contributed by atoms with E-state index in [0.29, 0.717) is 6.04 Å².